The Kier molecular flexibility index (Phi) is 5.36. The molecule has 0 amide bonds. The van der Waals surface area contributed by atoms with Gasteiger partial charge in [-0.3, -0.25) is 9.97 Å². The van der Waals surface area contributed by atoms with Crippen LogP contribution in [-0.2, 0) is 6.54 Å². The Morgan fingerprint density at radius 1 is 1.21 bits per heavy atom. The van der Waals surface area contributed by atoms with Crippen molar-refractivity contribution in [2.75, 3.05) is 19.6 Å². The fourth-order valence-corrected chi connectivity index (χ4v) is 4.06. The van der Waals surface area contributed by atoms with Crippen molar-refractivity contribution in [2.24, 2.45) is 0 Å². The zero-order chi connectivity index (χ0) is 19.6. The topological polar surface area (TPSA) is 53.1 Å². The van der Waals surface area contributed by atoms with E-state index in [-0.39, 0.29) is 0 Å². The van der Waals surface area contributed by atoms with E-state index in [2.05, 4.69) is 70.5 Å². The molecule has 5 heteroatoms. The first kappa shape index (κ1) is 18.9. The van der Waals surface area contributed by atoms with Gasteiger partial charge in [-0.1, -0.05) is 24.6 Å². The van der Waals surface area contributed by atoms with Crippen molar-refractivity contribution in [3.05, 3.63) is 59.2 Å². The number of aromatic nitrogens is 2. The highest BCUT2D eigenvalue weighted by atomic mass is 15.3. The molecule has 0 bridgehead atoms. The van der Waals surface area contributed by atoms with Gasteiger partial charge in [0.05, 0.1) is 22.4 Å². The lowest BCUT2D eigenvalue weighted by Crippen LogP contribution is -2.52. The second-order valence-corrected chi connectivity index (χ2v) is 8.23. The Morgan fingerprint density at radius 3 is 2.71 bits per heavy atom. The minimum Gasteiger partial charge on any atom is -0.379 e. The van der Waals surface area contributed by atoms with Crippen LogP contribution in [0.1, 0.15) is 45.6 Å². The molecule has 1 saturated heterocycles. The molecule has 1 aliphatic carbocycles. The van der Waals surface area contributed by atoms with Crippen molar-refractivity contribution in [3.63, 3.8) is 0 Å². The highest BCUT2D eigenvalue weighted by Gasteiger charge is 2.46. The van der Waals surface area contributed by atoms with Crippen LogP contribution in [-0.4, -0.2) is 40.0 Å². The second-order valence-electron chi connectivity index (χ2n) is 8.23. The van der Waals surface area contributed by atoms with Crippen LogP contribution in [0.4, 0.5) is 0 Å². The van der Waals surface area contributed by atoms with Crippen LogP contribution in [0.3, 0.4) is 0 Å². The molecule has 5 nitrogen and oxygen atoms in total. The zero-order valence-electron chi connectivity index (χ0n) is 17.3. The van der Waals surface area contributed by atoms with Gasteiger partial charge < -0.3 is 15.5 Å². The Labute approximate surface area is 167 Å². The normalized spacial score (nSPS) is 18.4. The number of benzene rings is 1. The summed E-state index contributed by atoms with van der Waals surface area (Å²) in [6, 6.07) is 6.32. The molecule has 1 aromatic carbocycles. The van der Waals surface area contributed by atoms with Crippen LogP contribution >= 0.6 is 0 Å². The van der Waals surface area contributed by atoms with E-state index in [0.29, 0.717) is 5.54 Å². The third kappa shape index (κ3) is 4.04. The van der Waals surface area contributed by atoms with Gasteiger partial charge in [0.1, 0.15) is 0 Å². The lowest BCUT2D eigenvalue weighted by molar-refractivity contribution is 0.235. The Balaban J connectivity index is 1.53. The maximum Gasteiger partial charge on any atom is 0.0890 e. The summed E-state index contributed by atoms with van der Waals surface area (Å²) in [6.07, 6.45) is 9.51. The van der Waals surface area contributed by atoms with Gasteiger partial charge in [0.15, 0.2) is 0 Å². The van der Waals surface area contributed by atoms with E-state index in [1.165, 1.54) is 35.4 Å². The van der Waals surface area contributed by atoms with E-state index in [9.17, 15) is 0 Å². The van der Waals surface area contributed by atoms with Crippen LogP contribution in [0.15, 0.2) is 53.6 Å². The average molecular weight is 378 g/mol. The van der Waals surface area contributed by atoms with Crippen LogP contribution in [0.25, 0.3) is 11.0 Å². The summed E-state index contributed by atoms with van der Waals surface area (Å²) in [5.41, 5.74) is 7.42. The van der Waals surface area contributed by atoms with Crippen molar-refractivity contribution < 1.29 is 0 Å². The summed E-state index contributed by atoms with van der Waals surface area (Å²) < 4.78 is 0. The van der Waals surface area contributed by atoms with E-state index in [0.717, 1.165) is 43.6 Å². The summed E-state index contributed by atoms with van der Waals surface area (Å²) in [5.74, 6) is 0. The molecule has 0 unspecified atom stereocenters. The van der Waals surface area contributed by atoms with E-state index < -0.39 is 0 Å². The number of rotatable bonds is 6. The largest absolute Gasteiger partial charge is 0.379 e. The predicted octanol–water partition coefficient (Wildman–Crippen LogP) is 3.75. The van der Waals surface area contributed by atoms with Gasteiger partial charge in [0.2, 0.25) is 0 Å². The van der Waals surface area contributed by atoms with E-state index in [1.807, 2.05) is 0 Å². The Bertz CT molecular complexity index is 906. The lowest BCUT2D eigenvalue weighted by Gasteiger charge is -2.38. The van der Waals surface area contributed by atoms with Crippen molar-refractivity contribution in [1.82, 2.24) is 25.5 Å². The molecular formula is C23H31N5. The highest BCUT2D eigenvalue weighted by Crippen LogP contribution is 2.39. The lowest BCUT2D eigenvalue weighted by atomic mass is 10.1. The summed E-state index contributed by atoms with van der Waals surface area (Å²) in [4.78, 5) is 11.4. The summed E-state index contributed by atoms with van der Waals surface area (Å²) in [6.45, 7) is 10.7. The Morgan fingerprint density at radius 2 is 2.00 bits per heavy atom. The molecule has 0 atom stereocenters. The fourth-order valence-electron chi connectivity index (χ4n) is 4.06. The molecule has 28 heavy (non-hydrogen) atoms. The van der Waals surface area contributed by atoms with Gasteiger partial charge in [-0.05, 0) is 50.8 Å². The number of nitrogens with one attached hydrogen (secondary N) is 2. The molecule has 2 fully saturated rings. The maximum atomic E-state index is 4.44. The SMILES string of the molecule is CC/C=C(\C(NCc1ccc2nccnc2c1)=C(C)C)N1CCNC2(CC2)C1. The predicted molar refractivity (Wildman–Crippen MR) is 115 cm³/mol. The minimum atomic E-state index is 0.370. The third-order valence-corrected chi connectivity index (χ3v) is 5.73. The van der Waals surface area contributed by atoms with Crippen LogP contribution < -0.4 is 10.6 Å². The van der Waals surface area contributed by atoms with E-state index >= 15 is 0 Å². The molecule has 1 aromatic heterocycles. The number of hydrogen-bond donors (Lipinski definition) is 2. The maximum absolute atomic E-state index is 4.44. The van der Waals surface area contributed by atoms with E-state index in [1.54, 1.807) is 12.4 Å². The molecule has 0 radical (unpaired) electrons. The quantitative estimate of drug-likeness (QED) is 0.751. The zero-order valence-corrected chi connectivity index (χ0v) is 17.3. The van der Waals surface area contributed by atoms with Crippen LogP contribution in [0.2, 0.25) is 0 Å². The van der Waals surface area contributed by atoms with Gasteiger partial charge in [0, 0.05) is 44.1 Å². The highest BCUT2D eigenvalue weighted by molar-refractivity contribution is 5.74. The van der Waals surface area contributed by atoms with Gasteiger partial charge in [0.25, 0.3) is 0 Å². The van der Waals surface area contributed by atoms with Gasteiger partial charge in [-0.25, -0.2) is 0 Å². The van der Waals surface area contributed by atoms with Gasteiger partial charge in [-0.2, -0.15) is 0 Å². The number of allylic oxidation sites excluding steroid dienone is 2. The molecule has 1 aliphatic heterocycles. The van der Waals surface area contributed by atoms with Crippen molar-refractivity contribution in [1.29, 1.82) is 0 Å². The first-order valence-electron chi connectivity index (χ1n) is 10.4. The van der Waals surface area contributed by atoms with Crippen LogP contribution in [0, 0.1) is 0 Å². The monoisotopic (exact) mass is 377 g/mol. The van der Waals surface area contributed by atoms with Gasteiger partial charge >= 0.3 is 0 Å². The third-order valence-electron chi connectivity index (χ3n) is 5.73. The summed E-state index contributed by atoms with van der Waals surface area (Å²) in [5, 5.41) is 7.45. The molecule has 148 valence electrons. The van der Waals surface area contributed by atoms with Crippen LogP contribution in [0.5, 0.6) is 0 Å². The fraction of sp³-hybridized carbons (Fsp3) is 0.478. The second kappa shape index (κ2) is 7.92. The summed E-state index contributed by atoms with van der Waals surface area (Å²) >= 11 is 0. The number of hydrogen-bond acceptors (Lipinski definition) is 5. The van der Waals surface area contributed by atoms with Gasteiger partial charge in [-0.15, -0.1) is 0 Å². The smallest absolute Gasteiger partial charge is 0.0890 e. The Hall–Kier alpha value is -2.40. The number of piperazine rings is 1. The molecule has 1 saturated carbocycles. The molecule has 4 rings (SSSR count). The van der Waals surface area contributed by atoms with Crippen molar-refractivity contribution >= 4 is 11.0 Å². The molecule has 1 spiro atoms. The first-order chi connectivity index (χ1) is 13.6. The minimum absolute atomic E-state index is 0.370. The standard InChI is InChI=1S/C23H31N5/c1-4-5-21(28-13-12-27-23(16-28)8-9-23)22(17(2)3)26-15-18-6-7-19-20(14-18)25-11-10-24-19/h5-7,10-11,14,26-27H,4,8-9,12-13,15-16H2,1-3H3/b21-5+. The molecule has 2 aliphatic rings. The number of nitrogens with zero attached hydrogens (tertiary/aromatic N) is 3. The molecule has 2 aromatic rings. The van der Waals surface area contributed by atoms with Crippen molar-refractivity contribution in [2.45, 2.75) is 52.1 Å². The molecule has 2 N–H and O–H groups in total. The average Bonchev–Trinajstić information content (AvgIpc) is 3.45. The van der Waals surface area contributed by atoms with E-state index in [4.69, 9.17) is 0 Å². The van der Waals surface area contributed by atoms with Crippen molar-refractivity contribution in [3.8, 4) is 0 Å². The first-order valence-corrected chi connectivity index (χ1v) is 10.4. The molecule has 2 heterocycles. The number of fused-ring (bicyclic) bond motifs is 1. The summed E-state index contributed by atoms with van der Waals surface area (Å²) in [7, 11) is 0. The molecular weight excluding hydrogens is 346 g/mol.